The van der Waals surface area contributed by atoms with Crippen LogP contribution in [0.25, 0.3) is 0 Å². The fourth-order valence-corrected chi connectivity index (χ4v) is 0.977. The van der Waals surface area contributed by atoms with Crippen molar-refractivity contribution in [2.75, 3.05) is 33.7 Å². The molecule has 0 fully saturated rings. The summed E-state index contributed by atoms with van der Waals surface area (Å²) in [4.78, 5) is 2.18. The van der Waals surface area contributed by atoms with Crippen molar-refractivity contribution in [2.24, 2.45) is 5.73 Å². The average Bonchev–Trinajstić information content (AvgIpc) is 1.95. The van der Waals surface area contributed by atoms with Gasteiger partial charge in [-0.15, -0.1) is 0 Å². The van der Waals surface area contributed by atoms with Crippen molar-refractivity contribution >= 4 is 0 Å². The molecule has 0 aliphatic rings. The lowest BCUT2D eigenvalue weighted by Crippen LogP contribution is -2.28. The lowest BCUT2D eigenvalue weighted by atomic mass is 10.2. The third-order valence-electron chi connectivity index (χ3n) is 1.75. The van der Waals surface area contributed by atoms with E-state index in [4.69, 9.17) is 5.73 Å². The summed E-state index contributed by atoms with van der Waals surface area (Å²) >= 11 is 0. The van der Waals surface area contributed by atoms with Crippen LogP contribution in [0.4, 0.5) is 0 Å². The molecule has 3 heteroatoms. The first-order valence-electron chi connectivity index (χ1n) is 4.74. The summed E-state index contributed by atoms with van der Waals surface area (Å²) in [6.07, 6.45) is 2.31. The van der Waals surface area contributed by atoms with Crippen LogP contribution in [-0.2, 0) is 0 Å². The Morgan fingerprint density at radius 2 is 2.00 bits per heavy atom. The molecule has 0 saturated heterocycles. The van der Waals surface area contributed by atoms with Gasteiger partial charge in [0.2, 0.25) is 0 Å². The highest BCUT2D eigenvalue weighted by Crippen LogP contribution is 1.90. The zero-order chi connectivity index (χ0) is 9.40. The summed E-state index contributed by atoms with van der Waals surface area (Å²) in [6.45, 7) is 5.33. The van der Waals surface area contributed by atoms with E-state index in [0.717, 1.165) is 26.1 Å². The first kappa shape index (κ1) is 11.9. The van der Waals surface area contributed by atoms with Crippen LogP contribution < -0.4 is 11.1 Å². The lowest BCUT2D eigenvalue weighted by Gasteiger charge is -2.10. The first-order valence-corrected chi connectivity index (χ1v) is 4.74. The van der Waals surface area contributed by atoms with Gasteiger partial charge >= 0.3 is 0 Å². The van der Waals surface area contributed by atoms with E-state index >= 15 is 0 Å². The zero-order valence-corrected chi connectivity index (χ0v) is 8.64. The van der Waals surface area contributed by atoms with E-state index in [1.165, 1.54) is 6.42 Å². The van der Waals surface area contributed by atoms with Crippen LogP contribution in [0.5, 0.6) is 0 Å². The van der Waals surface area contributed by atoms with Gasteiger partial charge in [0.25, 0.3) is 0 Å². The molecule has 3 nitrogen and oxygen atoms in total. The Balaban J connectivity index is 2.91. The SMILES string of the molecule is CC(N)CCCNCCN(C)C. The molecule has 1 unspecified atom stereocenters. The maximum Gasteiger partial charge on any atom is 0.0101 e. The molecule has 0 aromatic heterocycles. The van der Waals surface area contributed by atoms with Gasteiger partial charge in [-0.3, -0.25) is 0 Å². The van der Waals surface area contributed by atoms with Crippen molar-refractivity contribution in [1.82, 2.24) is 10.2 Å². The van der Waals surface area contributed by atoms with Crippen molar-refractivity contribution in [2.45, 2.75) is 25.8 Å². The monoisotopic (exact) mass is 173 g/mol. The number of hydrogen-bond acceptors (Lipinski definition) is 3. The normalized spacial score (nSPS) is 13.8. The fourth-order valence-electron chi connectivity index (χ4n) is 0.977. The molecule has 1 atom stereocenters. The predicted octanol–water partition coefficient (Wildman–Crippen LogP) is 0.265. The van der Waals surface area contributed by atoms with E-state index in [1.807, 2.05) is 0 Å². The number of likely N-dealkylation sites (N-methyl/N-ethyl adjacent to an activating group) is 1. The Bertz CT molecular complexity index is 79.8. The van der Waals surface area contributed by atoms with E-state index in [1.54, 1.807) is 0 Å². The second-order valence-electron chi connectivity index (χ2n) is 3.67. The van der Waals surface area contributed by atoms with E-state index < -0.39 is 0 Å². The molecular formula is C9H23N3. The van der Waals surface area contributed by atoms with Crippen LogP contribution >= 0.6 is 0 Å². The summed E-state index contributed by atoms with van der Waals surface area (Å²) < 4.78 is 0. The van der Waals surface area contributed by atoms with Gasteiger partial charge in [0.15, 0.2) is 0 Å². The highest BCUT2D eigenvalue weighted by Gasteiger charge is 1.93. The van der Waals surface area contributed by atoms with Crippen molar-refractivity contribution in [1.29, 1.82) is 0 Å². The van der Waals surface area contributed by atoms with Crippen LogP contribution in [0, 0.1) is 0 Å². The van der Waals surface area contributed by atoms with Crippen LogP contribution in [0.3, 0.4) is 0 Å². The van der Waals surface area contributed by atoms with Crippen molar-refractivity contribution < 1.29 is 0 Å². The first-order chi connectivity index (χ1) is 5.63. The van der Waals surface area contributed by atoms with Gasteiger partial charge in [0.1, 0.15) is 0 Å². The minimum absolute atomic E-state index is 0.348. The van der Waals surface area contributed by atoms with Gasteiger partial charge in [-0.1, -0.05) is 0 Å². The Labute approximate surface area is 76.3 Å². The molecule has 0 spiro atoms. The fraction of sp³-hybridized carbons (Fsp3) is 1.00. The van der Waals surface area contributed by atoms with Crippen molar-refractivity contribution in [3.63, 3.8) is 0 Å². The Morgan fingerprint density at radius 1 is 1.33 bits per heavy atom. The van der Waals surface area contributed by atoms with Crippen molar-refractivity contribution in [3.05, 3.63) is 0 Å². The topological polar surface area (TPSA) is 41.3 Å². The van der Waals surface area contributed by atoms with Crippen LogP contribution in [0.15, 0.2) is 0 Å². The van der Waals surface area contributed by atoms with Crippen molar-refractivity contribution in [3.8, 4) is 0 Å². The molecule has 0 amide bonds. The highest BCUT2D eigenvalue weighted by atomic mass is 15.1. The van der Waals surface area contributed by atoms with E-state index in [2.05, 4.69) is 31.2 Å². The summed E-state index contributed by atoms with van der Waals surface area (Å²) in [5, 5.41) is 3.37. The van der Waals surface area contributed by atoms with Crippen LogP contribution in [-0.4, -0.2) is 44.7 Å². The van der Waals surface area contributed by atoms with E-state index in [0.29, 0.717) is 6.04 Å². The molecule has 0 saturated carbocycles. The molecule has 0 aliphatic carbocycles. The van der Waals surface area contributed by atoms with Crippen LogP contribution in [0.2, 0.25) is 0 Å². The Hall–Kier alpha value is -0.120. The van der Waals surface area contributed by atoms with Crippen LogP contribution in [0.1, 0.15) is 19.8 Å². The number of hydrogen-bond donors (Lipinski definition) is 2. The zero-order valence-electron chi connectivity index (χ0n) is 8.64. The van der Waals surface area contributed by atoms with Gasteiger partial charge in [0, 0.05) is 19.1 Å². The summed E-state index contributed by atoms with van der Waals surface area (Å²) in [6, 6.07) is 0.348. The van der Waals surface area contributed by atoms with Gasteiger partial charge in [-0.2, -0.15) is 0 Å². The molecule has 0 heterocycles. The predicted molar refractivity (Wildman–Crippen MR) is 54.3 cm³/mol. The molecule has 0 bridgehead atoms. The molecule has 0 aliphatic heterocycles. The average molecular weight is 173 g/mol. The number of nitrogens with one attached hydrogen (secondary N) is 1. The molecule has 3 N–H and O–H groups in total. The number of nitrogens with two attached hydrogens (primary N) is 1. The Morgan fingerprint density at radius 3 is 2.50 bits per heavy atom. The molecule has 12 heavy (non-hydrogen) atoms. The smallest absolute Gasteiger partial charge is 0.0101 e. The quantitative estimate of drug-likeness (QED) is 0.543. The summed E-state index contributed by atoms with van der Waals surface area (Å²) in [5.41, 5.74) is 5.62. The minimum atomic E-state index is 0.348. The van der Waals surface area contributed by atoms with Gasteiger partial charge < -0.3 is 16.0 Å². The molecule has 0 radical (unpaired) electrons. The third-order valence-corrected chi connectivity index (χ3v) is 1.75. The highest BCUT2D eigenvalue weighted by molar-refractivity contribution is 4.56. The number of rotatable bonds is 7. The maximum atomic E-state index is 5.62. The van der Waals surface area contributed by atoms with E-state index in [9.17, 15) is 0 Å². The number of nitrogens with zero attached hydrogens (tertiary/aromatic N) is 1. The lowest BCUT2D eigenvalue weighted by molar-refractivity contribution is 0.398. The minimum Gasteiger partial charge on any atom is -0.328 e. The summed E-state index contributed by atoms with van der Waals surface area (Å²) in [7, 11) is 4.17. The molecular weight excluding hydrogens is 150 g/mol. The summed E-state index contributed by atoms with van der Waals surface area (Å²) in [5.74, 6) is 0. The Kier molecular flexibility index (Phi) is 7.45. The second-order valence-corrected chi connectivity index (χ2v) is 3.67. The van der Waals surface area contributed by atoms with Gasteiger partial charge in [-0.25, -0.2) is 0 Å². The van der Waals surface area contributed by atoms with Gasteiger partial charge in [-0.05, 0) is 40.4 Å². The van der Waals surface area contributed by atoms with Gasteiger partial charge in [0.05, 0.1) is 0 Å². The molecule has 0 rings (SSSR count). The second kappa shape index (κ2) is 7.53. The largest absolute Gasteiger partial charge is 0.328 e. The molecule has 74 valence electrons. The molecule has 0 aromatic rings. The molecule has 0 aromatic carbocycles. The standard InChI is InChI=1S/C9H23N3/c1-9(10)5-4-6-11-7-8-12(2)3/h9,11H,4-8,10H2,1-3H3. The maximum absolute atomic E-state index is 5.62. The van der Waals surface area contributed by atoms with E-state index in [-0.39, 0.29) is 0 Å². The third kappa shape index (κ3) is 9.88.